The molecule has 0 aromatic heterocycles. The number of amides is 1. The highest BCUT2D eigenvalue weighted by molar-refractivity contribution is 5.76. The van der Waals surface area contributed by atoms with E-state index >= 15 is 0 Å². The Kier molecular flexibility index (Phi) is 5.05. The molecule has 0 aromatic rings. The first-order valence-corrected chi connectivity index (χ1v) is 5.75. The summed E-state index contributed by atoms with van der Waals surface area (Å²) in [5.41, 5.74) is 0. The molecule has 0 aliphatic heterocycles. The smallest absolute Gasteiger partial charge is 0.223 e. The van der Waals surface area contributed by atoms with Crippen LogP contribution in [-0.4, -0.2) is 48.7 Å². The van der Waals surface area contributed by atoms with Crippen LogP contribution in [0.3, 0.4) is 0 Å². The molecule has 0 radical (unpaired) electrons. The molecule has 88 valence electrons. The summed E-state index contributed by atoms with van der Waals surface area (Å²) < 4.78 is 0. The van der Waals surface area contributed by atoms with E-state index in [2.05, 4.69) is 5.32 Å². The number of nitrogens with one attached hydrogen (secondary N) is 1. The molecule has 4 heteroatoms. The van der Waals surface area contributed by atoms with E-state index < -0.39 is 0 Å². The number of nitrogens with zero attached hydrogens (tertiary/aromatic N) is 1. The fraction of sp³-hybridized carbons (Fsp3) is 0.909. The zero-order valence-corrected chi connectivity index (χ0v) is 9.70. The summed E-state index contributed by atoms with van der Waals surface area (Å²) in [6, 6.07) is 0.0307. The van der Waals surface area contributed by atoms with Crippen molar-refractivity contribution in [3.63, 3.8) is 0 Å². The number of aliphatic hydroxyl groups excluding tert-OH is 1. The molecule has 2 atom stereocenters. The molecular formula is C11H22N2O2. The predicted molar refractivity (Wildman–Crippen MR) is 59.6 cm³/mol. The number of hydrogen-bond donors (Lipinski definition) is 2. The van der Waals surface area contributed by atoms with Gasteiger partial charge in [0.05, 0.1) is 12.1 Å². The third kappa shape index (κ3) is 3.47. The van der Waals surface area contributed by atoms with Gasteiger partial charge in [-0.25, -0.2) is 0 Å². The molecule has 2 N–H and O–H groups in total. The van der Waals surface area contributed by atoms with Crippen molar-refractivity contribution in [1.82, 2.24) is 10.2 Å². The van der Waals surface area contributed by atoms with E-state index in [0.29, 0.717) is 13.0 Å². The number of hydrogen-bond acceptors (Lipinski definition) is 3. The minimum Gasteiger partial charge on any atom is -0.391 e. The van der Waals surface area contributed by atoms with Crippen molar-refractivity contribution >= 4 is 5.91 Å². The Morgan fingerprint density at radius 1 is 1.47 bits per heavy atom. The lowest BCUT2D eigenvalue weighted by molar-refractivity contribution is -0.135. The van der Waals surface area contributed by atoms with Gasteiger partial charge in [0.25, 0.3) is 0 Å². The highest BCUT2D eigenvalue weighted by Gasteiger charge is 2.28. The first-order chi connectivity index (χ1) is 7.16. The summed E-state index contributed by atoms with van der Waals surface area (Å²) in [4.78, 5) is 13.4. The molecular weight excluding hydrogens is 192 g/mol. The van der Waals surface area contributed by atoms with Gasteiger partial charge < -0.3 is 15.3 Å². The van der Waals surface area contributed by atoms with Gasteiger partial charge in [-0.3, -0.25) is 4.79 Å². The molecule has 1 aliphatic carbocycles. The Morgan fingerprint density at radius 2 is 2.13 bits per heavy atom. The van der Waals surface area contributed by atoms with Gasteiger partial charge in [0.1, 0.15) is 0 Å². The number of likely N-dealkylation sites (N-methyl/N-ethyl adjacent to an activating group) is 1. The van der Waals surface area contributed by atoms with Gasteiger partial charge >= 0.3 is 0 Å². The Hall–Kier alpha value is -0.610. The van der Waals surface area contributed by atoms with Crippen LogP contribution < -0.4 is 5.32 Å². The highest BCUT2D eigenvalue weighted by Crippen LogP contribution is 2.22. The van der Waals surface area contributed by atoms with Crippen molar-refractivity contribution in [1.29, 1.82) is 0 Å². The Bertz CT molecular complexity index is 209. The maximum absolute atomic E-state index is 11.7. The van der Waals surface area contributed by atoms with Crippen molar-refractivity contribution in [2.75, 3.05) is 20.6 Å². The monoisotopic (exact) mass is 214 g/mol. The van der Waals surface area contributed by atoms with Crippen LogP contribution in [-0.2, 0) is 4.79 Å². The quantitative estimate of drug-likeness (QED) is 0.710. The van der Waals surface area contributed by atoms with Gasteiger partial charge in [-0.05, 0) is 19.9 Å². The Morgan fingerprint density at radius 3 is 2.73 bits per heavy atom. The molecule has 0 aromatic carbocycles. The van der Waals surface area contributed by atoms with E-state index in [1.807, 2.05) is 7.05 Å². The summed E-state index contributed by atoms with van der Waals surface area (Å²) in [6.45, 7) is 0.700. The molecule has 1 aliphatic rings. The van der Waals surface area contributed by atoms with Crippen LogP contribution in [0.25, 0.3) is 0 Å². The number of carbonyl (C=O) groups is 1. The third-order valence-corrected chi connectivity index (χ3v) is 3.17. The second-order valence-corrected chi connectivity index (χ2v) is 4.28. The first kappa shape index (κ1) is 12.5. The fourth-order valence-electron chi connectivity index (χ4n) is 2.14. The van der Waals surface area contributed by atoms with Crippen molar-refractivity contribution in [3.05, 3.63) is 0 Å². The summed E-state index contributed by atoms with van der Waals surface area (Å²) in [6.07, 6.45) is 4.14. The van der Waals surface area contributed by atoms with Crippen molar-refractivity contribution in [2.24, 2.45) is 0 Å². The van der Waals surface area contributed by atoms with Gasteiger partial charge in [-0.15, -0.1) is 0 Å². The SMILES string of the molecule is CNCCC(=O)N(C)C1CCCCC1O. The van der Waals surface area contributed by atoms with Crippen LogP contribution in [0, 0.1) is 0 Å². The summed E-state index contributed by atoms with van der Waals surface area (Å²) in [5, 5.41) is 12.8. The topological polar surface area (TPSA) is 52.6 Å². The highest BCUT2D eigenvalue weighted by atomic mass is 16.3. The molecule has 2 unspecified atom stereocenters. The van der Waals surface area contributed by atoms with E-state index in [4.69, 9.17) is 0 Å². The first-order valence-electron chi connectivity index (χ1n) is 5.75. The Labute approximate surface area is 91.6 Å². The largest absolute Gasteiger partial charge is 0.391 e. The molecule has 15 heavy (non-hydrogen) atoms. The van der Waals surface area contributed by atoms with Crippen molar-refractivity contribution in [3.8, 4) is 0 Å². The number of rotatable bonds is 4. The minimum atomic E-state index is -0.331. The normalized spacial score (nSPS) is 26.3. The zero-order valence-electron chi connectivity index (χ0n) is 9.70. The van der Waals surface area contributed by atoms with E-state index in [-0.39, 0.29) is 18.1 Å². The molecule has 1 saturated carbocycles. The number of aliphatic hydroxyl groups is 1. The molecule has 1 amide bonds. The molecule has 0 spiro atoms. The van der Waals surface area contributed by atoms with Crippen LogP contribution in [0.4, 0.5) is 0 Å². The third-order valence-electron chi connectivity index (χ3n) is 3.17. The lowest BCUT2D eigenvalue weighted by Gasteiger charge is -2.35. The van der Waals surface area contributed by atoms with Gasteiger partial charge in [-0.2, -0.15) is 0 Å². The predicted octanol–water partition coefficient (Wildman–Crippen LogP) is 0.358. The Balaban J connectivity index is 2.42. The zero-order chi connectivity index (χ0) is 11.3. The number of carbonyl (C=O) groups excluding carboxylic acids is 1. The van der Waals surface area contributed by atoms with Crippen molar-refractivity contribution < 1.29 is 9.90 Å². The average Bonchev–Trinajstić information content (AvgIpc) is 2.25. The average molecular weight is 214 g/mol. The summed E-state index contributed by atoms with van der Waals surface area (Å²) >= 11 is 0. The van der Waals surface area contributed by atoms with Crippen molar-refractivity contribution in [2.45, 2.75) is 44.2 Å². The van der Waals surface area contributed by atoms with Gasteiger partial charge in [-0.1, -0.05) is 12.8 Å². The van der Waals surface area contributed by atoms with Gasteiger partial charge in [0.15, 0.2) is 0 Å². The maximum atomic E-state index is 11.7. The fourth-order valence-corrected chi connectivity index (χ4v) is 2.14. The summed E-state index contributed by atoms with van der Waals surface area (Å²) in [5.74, 6) is 0.121. The standard InChI is InChI=1S/C11H22N2O2/c1-12-8-7-11(15)13(2)9-5-3-4-6-10(9)14/h9-10,12,14H,3-8H2,1-2H3. The molecule has 0 heterocycles. The maximum Gasteiger partial charge on any atom is 0.223 e. The van der Waals surface area contributed by atoms with Gasteiger partial charge in [0, 0.05) is 20.0 Å². The molecule has 0 bridgehead atoms. The second kappa shape index (κ2) is 6.08. The second-order valence-electron chi connectivity index (χ2n) is 4.28. The van der Waals surface area contributed by atoms with E-state index in [0.717, 1.165) is 25.7 Å². The minimum absolute atomic E-state index is 0.0307. The molecule has 0 saturated heterocycles. The lowest BCUT2D eigenvalue weighted by Crippen LogP contribution is -2.46. The van der Waals surface area contributed by atoms with Crippen LogP contribution >= 0.6 is 0 Å². The van der Waals surface area contributed by atoms with Gasteiger partial charge in [0.2, 0.25) is 5.91 Å². The van der Waals surface area contributed by atoms with E-state index in [1.54, 1.807) is 11.9 Å². The van der Waals surface area contributed by atoms with E-state index in [1.165, 1.54) is 0 Å². The van der Waals surface area contributed by atoms with Crippen LogP contribution in [0.2, 0.25) is 0 Å². The summed E-state index contributed by atoms with van der Waals surface area (Å²) in [7, 11) is 3.64. The lowest BCUT2D eigenvalue weighted by atomic mass is 9.91. The molecule has 1 fully saturated rings. The van der Waals surface area contributed by atoms with Crippen LogP contribution in [0.15, 0.2) is 0 Å². The molecule has 4 nitrogen and oxygen atoms in total. The van der Waals surface area contributed by atoms with E-state index in [9.17, 15) is 9.90 Å². The molecule has 1 rings (SSSR count). The van der Waals surface area contributed by atoms with Crippen LogP contribution in [0.5, 0.6) is 0 Å². The van der Waals surface area contributed by atoms with Crippen LogP contribution in [0.1, 0.15) is 32.1 Å².